The minimum atomic E-state index is -0.185. The predicted molar refractivity (Wildman–Crippen MR) is 133 cm³/mol. The van der Waals surface area contributed by atoms with E-state index < -0.39 is 0 Å². The summed E-state index contributed by atoms with van der Waals surface area (Å²) < 4.78 is 6.24. The number of fused-ring (bicyclic) bond motifs is 5. The Morgan fingerprint density at radius 2 is 1.81 bits per heavy atom. The van der Waals surface area contributed by atoms with Crippen molar-refractivity contribution in [3.8, 4) is 0 Å². The molecule has 2 saturated carbocycles. The Morgan fingerprint density at radius 1 is 1.03 bits per heavy atom. The number of ether oxygens (including phenoxy) is 1. The average molecular weight is 442 g/mol. The molecule has 180 valence electrons. The molecule has 3 nitrogen and oxygen atoms in total. The van der Waals surface area contributed by atoms with Gasteiger partial charge in [-0.15, -0.1) is 0 Å². The van der Waals surface area contributed by atoms with Crippen LogP contribution in [-0.2, 0) is 4.74 Å². The van der Waals surface area contributed by atoms with E-state index in [4.69, 9.17) is 4.74 Å². The van der Waals surface area contributed by atoms with Crippen LogP contribution in [0.4, 0.5) is 0 Å². The van der Waals surface area contributed by atoms with Crippen LogP contribution >= 0.6 is 0 Å². The van der Waals surface area contributed by atoms with Crippen LogP contribution in [0.25, 0.3) is 0 Å². The van der Waals surface area contributed by atoms with Crippen molar-refractivity contribution >= 4 is 0 Å². The zero-order chi connectivity index (χ0) is 23.1. The minimum absolute atomic E-state index is 0.132. The van der Waals surface area contributed by atoms with E-state index in [2.05, 4.69) is 58.9 Å². The Bertz CT molecular complexity index is 754. The Labute approximate surface area is 196 Å². The fourth-order valence-corrected chi connectivity index (χ4v) is 8.62. The highest BCUT2D eigenvalue weighted by Gasteiger charge is 2.59. The van der Waals surface area contributed by atoms with Gasteiger partial charge in [0, 0.05) is 0 Å². The predicted octanol–water partition coefficient (Wildman–Crippen LogP) is 8.30. The summed E-state index contributed by atoms with van der Waals surface area (Å²) in [5.41, 5.74) is 1.88. The number of hydrogen-bond acceptors (Lipinski definition) is 3. The average Bonchev–Trinajstić information content (AvgIpc) is 3.11. The van der Waals surface area contributed by atoms with Gasteiger partial charge in [-0.2, -0.15) is 4.91 Å². The number of allylic oxidation sites excluding steroid dienone is 2. The normalized spacial score (nSPS) is 41.8. The molecule has 0 aromatic heterocycles. The highest BCUT2D eigenvalue weighted by atomic mass is 16.5. The molecular weight excluding hydrogens is 394 g/mol. The van der Waals surface area contributed by atoms with Crippen LogP contribution in [-0.4, -0.2) is 12.6 Å². The first-order chi connectivity index (χ1) is 15.2. The number of nitrogens with zero attached hydrogens (tertiary/aromatic N) is 1. The summed E-state index contributed by atoms with van der Waals surface area (Å²) in [7, 11) is 0. The number of rotatable bonds is 8. The maximum absolute atomic E-state index is 11.3. The molecule has 0 amide bonds. The maximum Gasteiger partial charge on any atom is 0.119 e. The van der Waals surface area contributed by atoms with Crippen LogP contribution in [0.3, 0.4) is 0 Å². The van der Waals surface area contributed by atoms with E-state index in [1.807, 2.05) is 0 Å². The van der Waals surface area contributed by atoms with Gasteiger partial charge in [-0.05, 0) is 110 Å². The van der Waals surface area contributed by atoms with Crippen molar-refractivity contribution in [2.45, 2.75) is 105 Å². The summed E-state index contributed by atoms with van der Waals surface area (Å²) in [4.78, 5) is 11.3. The quantitative estimate of drug-likeness (QED) is 0.355. The first-order valence-corrected chi connectivity index (χ1v) is 13.6. The zero-order valence-corrected chi connectivity index (χ0v) is 21.5. The molecule has 8 atom stereocenters. The summed E-state index contributed by atoms with van der Waals surface area (Å²) in [6, 6.07) is -0.185. The third-order valence-electron chi connectivity index (χ3n) is 10.3. The third kappa shape index (κ3) is 4.00. The molecular formula is C29H47NO2. The van der Waals surface area contributed by atoms with Gasteiger partial charge in [0.1, 0.15) is 11.8 Å². The van der Waals surface area contributed by atoms with Gasteiger partial charge in [0.05, 0.1) is 6.61 Å². The van der Waals surface area contributed by atoms with Crippen LogP contribution in [0.15, 0.2) is 28.7 Å². The van der Waals surface area contributed by atoms with Gasteiger partial charge in [-0.3, -0.25) is 0 Å². The summed E-state index contributed by atoms with van der Waals surface area (Å²) in [5.74, 6) is 5.66. The van der Waals surface area contributed by atoms with Crippen molar-refractivity contribution < 1.29 is 4.74 Å². The molecule has 0 heterocycles. The highest BCUT2D eigenvalue weighted by molar-refractivity contribution is 5.41. The fraction of sp³-hybridized carbons (Fsp3) is 0.862. The molecule has 3 heteroatoms. The molecule has 0 aromatic rings. The van der Waals surface area contributed by atoms with E-state index in [-0.39, 0.29) is 11.5 Å². The minimum Gasteiger partial charge on any atom is -0.494 e. The summed E-state index contributed by atoms with van der Waals surface area (Å²) in [6.07, 6.45) is 16.2. The van der Waals surface area contributed by atoms with Crippen LogP contribution in [0.2, 0.25) is 0 Å². The smallest absolute Gasteiger partial charge is 0.119 e. The Morgan fingerprint density at radius 3 is 2.50 bits per heavy atom. The highest BCUT2D eigenvalue weighted by Crippen LogP contribution is 2.67. The molecule has 0 aromatic carbocycles. The van der Waals surface area contributed by atoms with Gasteiger partial charge in [0.15, 0.2) is 0 Å². The molecule has 4 aliphatic rings. The largest absolute Gasteiger partial charge is 0.494 e. The monoisotopic (exact) mass is 441 g/mol. The standard InChI is InChI=1S/C29H47NO2/c1-7-32-27-18-22-24-12-11-23(20(4)10-8-9-19(2)3)28(24,5)16-14-25(22)29(6)15-13-21(30-31)17-26(27)29/h17-25H,7-16H2,1-6H3/t20-,21?,22+,23-,24+,25+,28-,29-/m1/s1. The van der Waals surface area contributed by atoms with Crippen molar-refractivity contribution in [2.75, 3.05) is 6.61 Å². The van der Waals surface area contributed by atoms with Crippen molar-refractivity contribution in [2.24, 2.45) is 51.5 Å². The van der Waals surface area contributed by atoms with E-state index >= 15 is 0 Å². The SMILES string of the molecule is CCOC1=C[C@H]2[C@@H]3CC[C@H]([C@H](C)CCCC(C)C)[C@@]3(C)CC[C@@H]2[C@@]2(C)CCC(N=O)C=C12. The van der Waals surface area contributed by atoms with Crippen molar-refractivity contribution in [3.63, 3.8) is 0 Å². The Hall–Kier alpha value is -1.12. The molecule has 0 spiro atoms. The lowest BCUT2D eigenvalue weighted by molar-refractivity contribution is -0.0333. The number of hydrogen-bond donors (Lipinski definition) is 0. The van der Waals surface area contributed by atoms with Crippen molar-refractivity contribution in [1.82, 2.24) is 0 Å². The molecule has 0 aliphatic heterocycles. The van der Waals surface area contributed by atoms with Crippen LogP contribution in [0.5, 0.6) is 0 Å². The second-order valence-electron chi connectivity index (χ2n) is 12.5. The molecule has 0 radical (unpaired) electrons. The molecule has 1 unspecified atom stereocenters. The summed E-state index contributed by atoms with van der Waals surface area (Å²) in [5, 5.41) is 3.39. The fourth-order valence-electron chi connectivity index (χ4n) is 8.62. The van der Waals surface area contributed by atoms with Crippen LogP contribution < -0.4 is 0 Å². The molecule has 0 saturated heterocycles. The second-order valence-corrected chi connectivity index (χ2v) is 12.5. The summed E-state index contributed by atoms with van der Waals surface area (Å²) >= 11 is 0. The molecule has 4 aliphatic carbocycles. The topological polar surface area (TPSA) is 38.7 Å². The van der Waals surface area contributed by atoms with E-state index in [0.717, 1.165) is 42.3 Å². The first kappa shape index (κ1) is 24.0. The number of nitroso groups, excluding NO2 is 1. The van der Waals surface area contributed by atoms with Gasteiger partial charge in [0.25, 0.3) is 0 Å². The lowest BCUT2D eigenvalue weighted by atomic mass is 9.47. The molecule has 0 bridgehead atoms. The van der Waals surface area contributed by atoms with E-state index in [9.17, 15) is 4.91 Å². The van der Waals surface area contributed by atoms with E-state index in [1.165, 1.54) is 50.5 Å². The van der Waals surface area contributed by atoms with Crippen molar-refractivity contribution in [3.05, 3.63) is 28.4 Å². The Kier molecular flexibility index (Phi) is 6.95. The van der Waals surface area contributed by atoms with Gasteiger partial charge in [0.2, 0.25) is 0 Å². The lowest BCUT2D eigenvalue weighted by Crippen LogP contribution is -2.50. The summed E-state index contributed by atoms with van der Waals surface area (Å²) in [6.45, 7) is 15.1. The van der Waals surface area contributed by atoms with Gasteiger partial charge in [-0.25, -0.2) is 0 Å². The third-order valence-corrected chi connectivity index (χ3v) is 10.3. The molecule has 4 rings (SSSR count). The van der Waals surface area contributed by atoms with E-state index in [1.54, 1.807) is 0 Å². The lowest BCUT2D eigenvalue weighted by Gasteiger charge is -2.57. The van der Waals surface area contributed by atoms with Gasteiger partial charge in [-0.1, -0.05) is 59.1 Å². The zero-order valence-electron chi connectivity index (χ0n) is 21.5. The van der Waals surface area contributed by atoms with E-state index in [0.29, 0.717) is 23.9 Å². The van der Waals surface area contributed by atoms with Crippen molar-refractivity contribution in [1.29, 1.82) is 0 Å². The molecule has 0 N–H and O–H groups in total. The van der Waals surface area contributed by atoms with Crippen LogP contribution in [0, 0.1) is 51.2 Å². The van der Waals surface area contributed by atoms with Crippen LogP contribution in [0.1, 0.15) is 99.3 Å². The van der Waals surface area contributed by atoms with Gasteiger partial charge >= 0.3 is 0 Å². The Balaban J connectivity index is 1.61. The molecule has 32 heavy (non-hydrogen) atoms. The maximum atomic E-state index is 11.3. The van der Waals surface area contributed by atoms with Gasteiger partial charge < -0.3 is 4.74 Å². The first-order valence-electron chi connectivity index (χ1n) is 13.6. The second kappa shape index (κ2) is 9.26. The molecule has 2 fully saturated rings.